The van der Waals surface area contributed by atoms with E-state index in [2.05, 4.69) is 18.2 Å². The van der Waals surface area contributed by atoms with Gasteiger partial charge in [0.1, 0.15) is 0 Å². The van der Waals surface area contributed by atoms with Gasteiger partial charge in [0.05, 0.1) is 12.2 Å². The molecule has 0 fully saturated rings. The van der Waals surface area contributed by atoms with Crippen LogP contribution in [0.25, 0.3) is 11.1 Å². The number of hydrogen-bond donors (Lipinski definition) is 1. The number of hydrogen-bond acceptors (Lipinski definition) is 4. The quantitative estimate of drug-likeness (QED) is 0.883. The van der Waals surface area contributed by atoms with E-state index in [1.54, 1.807) is 0 Å². The van der Waals surface area contributed by atoms with Crippen LogP contribution in [0.15, 0.2) is 29.0 Å². The highest BCUT2D eigenvalue weighted by molar-refractivity contribution is 7.08. The third-order valence-electron chi connectivity index (χ3n) is 3.64. The maximum absolute atomic E-state index is 12.0. The van der Waals surface area contributed by atoms with Crippen molar-refractivity contribution in [3.05, 3.63) is 45.6 Å². The van der Waals surface area contributed by atoms with Gasteiger partial charge in [-0.05, 0) is 41.8 Å². The molecule has 0 saturated carbocycles. The summed E-state index contributed by atoms with van der Waals surface area (Å²) in [7, 11) is 0. The fourth-order valence-electron chi connectivity index (χ4n) is 2.71. The van der Waals surface area contributed by atoms with E-state index in [4.69, 9.17) is 10.5 Å². The number of benzene rings is 1. The average molecular weight is 287 g/mol. The highest BCUT2D eigenvalue weighted by Gasteiger charge is 2.20. The first-order chi connectivity index (χ1) is 9.69. The lowest BCUT2D eigenvalue weighted by Crippen LogP contribution is -2.18. The highest BCUT2D eigenvalue weighted by atomic mass is 32.1. The lowest BCUT2D eigenvalue weighted by molar-refractivity contribution is 0.0528. The van der Waals surface area contributed by atoms with E-state index >= 15 is 0 Å². The molecule has 1 aromatic carbocycles. The van der Waals surface area contributed by atoms with Crippen LogP contribution in [0, 0.1) is 0 Å². The molecule has 1 aliphatic rings. The fourth-order valence-corrected chi connectivity index (χ4v) is 3.53. The van der Waals surface area contributed by atoms with Gasteiger partial charge in [0, 0.05) is 17.0 Å². The Bertz CT molecular complexity index is 648. The number of nitrogens with two attached hydrogens (primary N) is 1. The average Bonchev–Trinajstić information content (AvgIpc) is 3.02. The molecule has 0 bridgehead atoms. The molecule has 3 nitrogen and oxygen atoms in total. The van der Waals surface area contributed by atoms with Crippen LogP contribution in [0.4, 0.5) is 0 Å². The molecule has 0 aliphatic heterocycles. The number of carbonyl (C=O) groups excluding carboxylic acids is 1. The van der Waals surface area contributed by atoms with Crippen molar-refractivity contribution in [2.45, 2.75) is 25.8 Å². The number of ether oxygens (including phenoxy) is 1. The van der Waals surface area contributed by atoms with Crippen LogP contribution in [0.5, 0.6) is 0 Å². The number of thiophene rings is 1. The smallest absolute Gasteiger partial charge is 0.339 e. The molecule has 4 heteroatoms. The van der Waals surface area contributed by atoms with Crippen molar-refractivity contribution in [2.24, 2.45) is 5.73 Å². The molecular weight excluding hydrogens is 270 g/mol. The minimum Gasteiger partial charge on any atom is -0.462 e. The van der Waals surface area contributed by atoms with Crippen LogP contribution in [0.2, 0.25) is 0 Å². The Balaban J connectivity index is 1.97. The van der Waals surface area contributed by atoms with E-state index in [1.807, 2.05) is 17.7 Å². The van der Waals surface area contributed by atoms with Gasteiger partial charge < -0.3 is 10.5 Å². The predicted octanol–water partition coefficient (Wildman–Crippen LogP) is 3.02. The van der Waals surface area contributed by atoms with E-state index in [0.717, 1.165) is 24.0 Å². The molecule has 2 aromatic rings. The molecule has 1 atom stereocenters. The number of fused-ring (bicyclic) bond motifs is 1. The zero-order chi connectivity index (χ0) is 14.1. The molecule has 0 radical (unpaired) electrons. The van der Waals surface area contributed by atoms with Crippen LogP contribution in [0.3, 0.4) is 0 Å². The summed E-state index contributed by atoms with van der Waals surface area (Å²) in [6.45, 7) is 2.22. The number of carbonyl (C=O) groups is 1. The third-order valence-corrected chi connectivity index (χ3v) is 4.38. The molecule has 20 heavy (non-hydrogen) atoms. The van der Waals surface area contributed by atoms with Crippen molar-refractivity contribution in [1.82, 2.24) is 0 Å². The molecule has 2 N–H and O–H groups in total. The third kappa shape index (κ3) is 2.37. The summed E-state index contributed by atoms with van der Waals surface area (Å²) in [5, 5.41) is 3.86. The first-order valence-electron chi connectivity index (χ1n) is 6.80. The molecule has 1 aromatic heterocycles. The molecule has 3 rings (SSSR count). The molecule has 0 amide bonds. The topological polar surface area (TPSA) is 52.3 Å². The fraction of sp³-hybridized carbons (Fsp3) is 0.312. The van der Waals surface area contributed by atoms with Crippen molar-refractivity contribution in [3.63, 3.8) is 0 Å². The van der Waals surface area contributed by atoms with Gasteiger partial charge in [-0.2, -0.15) is 11.3 Å². The Kier molecular flexibility index (Phi) is 3.59. The van der Waals surface area contributed by atoms with Gasteiger partial charge in [0.25, 0.3) is 0 Å². The van der Waals surface area contributed by atoms with Gasteiger partial charge in [0.15, 0.2) is 0 Å². The second kappa shape index (κ2) is 5.38. The highest BCUT2D eigenvalue weighted by Crippen LogP contribution is 2.32. The molecule has 1 unspecified atom stereocenters. The van der Waals surface area contributed by atoms with E-state index in [9.17, 15) is 4.79 Å². The Morgan fingerprint density at radius 2 is 2.15 bits per heavy atom. The summed E-state index contributed by atoms with van der Waals surface area (Å²) < 4.78 is 5.11. The zero-order valence-electron chi connectivity index (χ0n) is 11.4. The lowest BCUT2D eigenvalue weighted by atomic mass is 10.00. The summed E-state index contributed by atoms with van der Waals surface area (Å²) >= 11 is 1.52. The zero-order valence-corrected chi connectivity index (χ0v) is 12.2. The maximum Gasteiger partial charge on any atom is 0.339 e. The summed E-state index contributed by atoms with van der Waals surface area (Å²) in [5.41, 5.74) is 11.3. The lowest BCUT2D eigenvalue weighted by Gasteiger charge is -2.06. The van der Waals surface area contributed by atoms with Gasteiger partial charge in [0.2, 0.25) is 0 Å². The minimum absolute atomic E-state index is 0.229. The number of esters is 1. The van der Waals surface area contributed by atoms with Crippen molar-refractivity contribution >= 4 is 17.3 Å². The number of rotatable bonds is 3. The van der Waals surface area contributed by atoms with E-state index in [-0.39, 0.29) is 12.0 Å². The summed E-state index contributed by atoms with van der Waals surface area (Å²) in [4.78, 5) is 12.0. The molecular formula is C16H17NO2S. The Hall–Kier alpha value is -1.65. The normalized spacial score (nSPS) is 17.0. The van der Waals surface area contributed by atoms with Crippen molar-refractivity contribution in [2.75, 3.05) is 6.61 Å². The molecule has 0 spiro atoms. The largest absolute Gasteiger partial charge is 0.462 e. The van der Waals surface area contributed by atoms with Gasteiger partial charge in [-0.15, -0.1) is 0 Å². The van der Waals surface area contributed by atoms with Crippen LogP contribution in [-0.2, 0) is 17.6 Å². The molecule has 1 aliphatic carbocycles. The van der Waals surface area contributed by atoms with Crippen LogP contribution in [-0.4, -0.2) is 18.6 Å². The molecule has 0 saturated heterocycles. The van der Waals surface area contributed by atoms with E-state index < -0.39 is 0 Å². The summed E-state index contributed by atoms with van der Waals surface area (Å²) in [6.07, 6.45) is 1.87. The van der Waals surface area contributed by atoms with Crippen LogP contribution in [0.1, 0.15) is 28.4 Å². The first-order valence-corrected chi connectivity index (χ1v) is 7.74. The Morgan fingerprint density at radius 1 is 1.35 bits per heavy atom. The first kappa shape index (κ1) is 13.3. The van der Waals surface area contributed by atoms with E-state index in [1.165, 1.54) is 22.5 Å². The standard InChI is InChI=1S/C16H17NO2S/c1-2-19-16(18)15-9-20-8-14(15)11-4-3-10-6-13(17)7-12(10)5-11/h3-5,8-9,13H,2,6-7,17H2,1H3. The second-order valence-corrected chi connectivity index (χ2v) is 5.81. The van der Waals surface area contributed by atoms with Crippen molar-refractivity contribution < 1.29 is 9.53 Å². The van der Waals surface area contributed by atoms with Crippen molar-refractivity contribution in [3.8, 4) is 11.1 Å². The van der Waals surface area contributed by atoms with Gasteiger partial charge >= 0.3 is 5.97 Å². The van der Waals surface area contributed by atoms with Gasteiger partial charge in [-0.3, -0.25) is 0 Å². The Morgan fingerprint density at radius 3 is 2.95 bits per heavy atom. The van der Waals surface area contributed by atoms with Gasteiger partial charge in [-0.25, -0.2) is 4.79 Å². The second-order valence-electron chi connectivity index (χ2n) is 5.07. The predicted molar refractivity (Wildman–Crippen MR) is 81.1 cm³/mol. The summed E-state index contributed by atoms with van der Waals surface area (Å²) in [5.74, 6) is -0.249. The van der Waals surface area contributed by atoms with Crippen LogP contribution >= 0.6 is 11.3 Å². The Labute approximate surface area is 122 Å². The van der Waals surface area contributed by atoms with E-state index in [0.29, 0.717) is 12.2 Å². The monoisotopic (exact) mass is 287 g/mol. The minimum atomic E-state index is -0.249. The molecule has 1 heterocycles. The maximum atomic E-state index is 12.0. The van der Waals surface area contributed by atoms with Crippen LogP contribution < -0.4 is 5.73 Å². The van der Waals surface area contributed by atoms with Crippen molar-refractivity contribution in [1.29, 1.82) is 0 Å². The SMILES string of the molecule is CCOC(=O)c1cscc1-c1ccc2c(c1)CC(N)C2. The molecule has 104 valence electrons. The van der Waals surface area contributed by atoms with Gasteiger partial charge in [-0.1, -0.05) is 18.2 Å². The summed E-state index contributed by atoms with van der Waals surface area (Å²) in [6, 6.07) is 6.59.